The molecule has 1 aromatic carbocycles. The van der Waals surface area contributed by atoms with Gasteiger partial charge in [0, 0.05) is 11.4 Å². The number of halogens is 4. The first kappa shape index (κ1) is 18.4. The van der Waals surface area contributed by atoms with E-state index in [-0.39, 0.29) is 21.5 Å². The maximum absolute atomic E-state index is 13.3. The van der Waals surface area contributed by atoms with Crippen LogP contribution in [0.3, 0.4) is 0 Å². The first-order valence-corrected chi connectivity index (χ1v) is 8.39. The summed E-state index contributed by atoms with van der Waals surface area (Å²) in [5.41, 5.74) is 1.22. The van der Waals surface area contributed by atoms with Crippen molar-refractivity contribution in [2.75, 3.05) is 5.32 Å². The van der Waals surface area contributed by atoms with Gasteiger partial charge in [-0.2, -0.15) is 18.3 Å². The third-order valence-corrected chi connectivity index (χ3v) is 4.62. The number of nitrogens with zero attached hydrogens (tertiary/aromatic N) is 3. The number of amides is 1. The van der Waals surface area contributed by atoms with Crippen molar-refractivity contribution in [2.45, 2.75) is 26.9 Å². The molecule has 0 aliphatic heterocycles. The van der Waals surface area contributed by atoms with E-state index in [0.717, 1.165) is 17.2 Å². The number of hydrogen-bond donors (Lipinski definition) is 1. The molecular formula is C17H14BrF3N4O. The van der Waals surface area contributed by atoms with Gasteiger partial charge in [0.05, 0.1) is 4.47 Å². The molecule has 0 radical (unpaired) electrons. The van der Waals surface area contributed by atoms with Gasteiger partial charge in [0.15, 0.2) is 11.3 Å². The first-order valence-electron chi connectivity index (χ1n) is 7.60. The van der Waals surface area contributed by atoms with Gasteiger partial charge in [0.1, 0.15) is 5.69 Å². The normalized spacial score (nSPS) is 11.8. The van der Waals surface area contributed by atoms with E-state index in [9.17, 15) is 18.0 Å². The van der Waals surface area contributed by atoms with Crippen LogP contribution < -0.4 is 5.32 Å². The van der Waals surface area contributed by atoms with Crippen molar-refractivity contribution in [1.82, 2.24) is 14.6 Å². The van der Waals surface area contributed by atoms with Crippen LogP contribution in [0.15, 0.2) is 28.7 Å². The lowest BCUT2D eigenvalue weighted by molar-refractivity contribution is -0.142. The van der Waals surface area contributed by atoms with Crippen LogP contribution in [-0.4, -0.2) is 20.5 Å². The second-order valence-electron chi connectivity index (χ2n) is 5.90. The summed E-state index contributed by atoms with van der Waals surface area (Å²) in [6, 6.07) is 6.39. The van der Waals surface area contributed by atoms with Crippen molar-refractivity contribution in [1.29, 1.82) is 0 Å². The summed E-state index contributed by atoms with van der Waals surface area (Å²) >= 11 is 3.16. The number of aryl methyl sites for hydroxylation is 3. The Morgan fingerprint density at radius 1 is 1.19 bits per heavy atom. The standard InChI is InChI=1S/C17H14BrF3N4O/c1-8-5-4-6-9(2)13(8)23-16(26)14-12(18)15-22-10(3)7-11(17(19,20)21)25(15)24-14/h4-7H,1-3H3,(H,23,26). The molecule has 0 spiro atoms. The van der Waals surface area contributed by atoms with E-state index in [1.54, 1.807) is 0 Å². The molecule has 0 atom stereocenters. The average molecular weight is 427 g/mol. The van der Waals surface area contributed by atoms with Gasteiger partial charge in [-0.1, -0.05) is 18.2 Å². The fourth-order valence-corrected chi connectivity index (χ4v) is 3.16. The molecule has 3 aromatic rings. The summed E-state index contributed by atoms with van der Waals surface area (Å²) < 4.78 is 40.6. The number of hydrogen-bond acceptors (Lipinski definition) is 3. The molecule has 26 heavy (non-hydrogen) atoms. The van der Waals surface area contributed by atoms with E-state index in [4.69, 9.17) is 0 Å². The molecule has 2 heterocycles. The van der Waals surface area contributed by atoms with Gasteiger partial charge in [0.2, 0.25) is 0 Å². The van der Waals surface area contributed by atoms with E-state index >= 15 is 0 Å². The fourth-order valence-electron chi connectivity index (χ4n) is 2.64. The summed E-state index contributed by atoms with van der Waals surface area (Å²) in [6.07, 6.45) is -4.63. The van der Waals surface area contributed by atoms with Crippen LogP contribution in [0.5, 0.6) is 0 Å². The topological polar surface area (TPSA) is 59.3 Å². The van der Waals surface area contributed by atoms with E-state index in [2.05, 4.69) is 31.3 Å². The van der Waals surface area contributed by atoms with E-state index in [0.29, 0.717) is 10.2 Å². The SMILES string of the molecule is Cc1cc(C(F)(F)F)n2nc(C(=O)Nc3c(C)cccc3C)c(Br)c2n1. The number of carbonyl (C=O) groups excluding carboxylic acids is 1. The predicted octanol–water partition coefficient (Wildman–Crippen LogP) is 4.69. The van der Waals surface area contributed by atoms with Gasteiger partial charge < -0.3 is 5.32 Å². The minimum atomic E-state index is -4.63. The molecule has 0 aliphatic rings. The zero-order valence-corrected chi connectivity index (χ0v) is 15.7. The largest absolute Gasteiger partial charge is 0.433 e. The summed E-state index contributed by atoms with van der Waals surface area (Å²) in [4.78, 5) is 16.7. The van der Waals surface area contributed by atoms with Crippen molar-refractivity contribution < 1.29 is 18.0 Å². The highest BCUT2D eigenvalue weighted by molar-refractivity contribution is 9.10. The Balaban J connectivity index is 2.11. The van der Waals surface area contributed by atoms with Gasteiger partial charge >= 0.3 is 6.18 Å². The number of para-hydroxylation sites is 1. The molecule has 136 valence electrons. The van der Waals surface area contributed by atoms with Gasteiger partial charge in [-0.3, -0.25) is 4.79 Å². The second-order valence-corrected chi connectivity index (χ2v) is 6.69. The quantitative estimate of drug-likeness (QED) is 0.646. The third kappa shape index (κ3) is 3.18. The Morgan fingerprint density at radius 2 is 1.81 bits per heavy atom. The van der Waals surface area contributed by atoms with Crippen molar-refractivity contribution >= 4 is 33.2 Å². The summed E-state index contributed by atoms with van der Waals surface area (Å²) in [6.45, 7) is 5.10. The molecule has 9 heteroatoms. The van der Waals surface area contributed by atoms with Crippen molar-refractivity contribution in [3.8, 4) is 0 Å². The Labute approximate surface area is 155 Å². The van der Waals surface area contributed by atoms with Gasteiger partial charge in [-0.25, -0.2) is 9.50 Å². The maximum Gasteiger partial charge on any atom is 0.433 e. The number of fused-ring (bicyclic) bond motifs is 1. The second kappa shape index (κ2) is 6.39. The van der Waals surface area contributed by atoms with Crippen LogP contribution in [0.25, 0.3) is 5.65 Å². The molecule has 0 bridgehead atoms. The summed E-state index contributed by atoms with van der Waals surface area (Å²) in [7, 11) is 0. The van der Waals surface area contributed by atoms with E-state index < -0.39 is 17.8 Å². The number of nitrogens with one attached hydrogen (secondary N) is 1. The minimum absolute atomic E-state index is 0.0658. The van der Waals surface area contributed by atoms with Crippen molar-refractivity contribution in [2.24, 2.45) is 0 Å². The fraction of sp³-hybridized carbons (Fsp3) is 0.235. The summed E-state index contributed by atoms with van der Waals surface area (Å²) in [5, 5.41) is 6.57. The monoisotopic (exact) mass is 426 g/mol. The molecule has 1 amide bonds. The smallest absolute Gasteiger partial charge is 0.320 e. The lowest BCUT2D eigenvalue weighted by Crippen LogP contribution is -2.16. The molecular weight excluding hydrogens is 413 g/mol. The number of carbonyl (C=O) groups is 1. The molecule has 5 nitrogen and oxygen atoms in total. The zero-order valence-electron chi connectivity index (χ0n) is 14.1. The highest BCUT2D eigenvalue weighted by Gasteiger charge is 2.36. The van der Waals surface area contributed by atoms with Crippen molar-refractivity contribution in [3.05, 3.63) is 56.9 Å². The Morgan fingerprint density at radius 3 is 2.38 bits per heavy atom. The van der Waals surface area contributed by atoms with Gasteiger partial charge in [-0.05, 0) is 53.9 Å². The Bertz CT molecular complexity index is 1010. The van der Waals surface area contributed by atoms with Crippen LogP contribution in [0.4, 0.5) is 18.9 Å². The third-order valence-electron chi connectivity index (χ3n) is 3.89. The lowest BCUT2D eigenvalue weighted by Gasteiger charge is -2.10. The molecule has 0 unspecified atom stereocenters. The molecule has 0 saturated carbocycles. The van der Waals surface area contributed by atoms with Gasteiger partial charge in [-0.15, -0.1) is 0 Å². The van der Waals surface area contributed by atoms with Crippen LogP contribution in [0, 0.1) is 20.8 Å². The number of anilines is 1. The molecule has 1 N–H and O–H groups in total. The molecule has 0 fully saturated rings. The molecule has 0 aliphatic carbocycles. The van der Waals surface area contributed by atoms with Gasteiger partial charge in [0.25, 0.3) is 5.91 Å². The molecule has 3 rings (SSSR count). The van der Waals surface area contributed by atoms with Crippen LogP contribution in [-0.2, 0) is 6.18 Å². The highest BCUT2D eigenvalue weighted by Crippen LogP contribution is 2.32. The van der Waals surface area contributed by atoms with Crippen LogP contribution in [0.1, 0.15) is 33.0 Å². The average Bonchev–Trinajstić information content (AvgIpc) is 2.86. The highest BCUT2D eigenvalue weighted by atomic mass is 79.9. The molecule has 2 aromatic heterocycles. The predicted molar refractivity (Wildman–Crippen MR) is 94.3 cm³/mol. The van der Waals surface area contributed by atoms with Crippen molar-refractivity contribution in [3.63, 3.8) is 0 Å². The van der Waals surface area contributed by atoms with Crippen LogP contribution >= 0.6 is 15.9 Å². The number of benzene rings is 1. The van der Waals surface area contributed by atoms with Crippen LogP contribution in [0.2, 0.25) is 0 Å². The number of aromatic nitrogens is 3. The first-order chi connectivity index (χ1) is 12.1. The number of rotatable bonds is 2. The molecule has 0 saturated heterocycles. The maximum atomic E-state index is 13.3. The van der Waals surface area contributed by atoms with E-state index in [1.807, 2.05) is 32.0 Å². The zero-order chi connectivity index (χ0) is 19.2. The minimum Gasteiger partial charge on any atom is -0.320 e. The Hall–Kier alpha value is -2.42. The van der Waals surface area contributed by atoms with E-state index in [1.165, 1.54) is 6.92 Å². The Kier molecular flexibility index (Phi) is 4.51. The lowest BCUT2D eigenvalue weighted by atomic mass is 10.1. The number of alkyl halides is 3. The summed E-state index contributed by atoms with van der Waals surface area (Å²) in [5.74, 6) is -0.620.